The monoisotopic (exact) mass is 212 g/mol. The molecule has 0 aromatic rings. The standard InChI is InChI=1S/C6H12O6S/c7-1-2-3(8)4(9)6(11,13)5(10)12-2/h2-5,7-11,13H,1H2. The topological polar surface area (TPSA) is 110 Å². The number of hydrogen-bond acceptors (Lipinski definition) is 7. The van der Waals surface area contributed by atoms with Gasteiger partial charge in [-0.2, -0.15) is 0 Å². The molecule has 5 atom stereocenters. The van der Waals surface area contributed by atoms with Crippen LogP contribution in [-0.2, 0) is 4.74 Å². The number of thiol groups is 1. The first kappa shape index (κ1) is 11.2. The van der Waals surface area contributed by atoms with Crippen LogP contribution in [0.5, 0.6) is 0 Å². The van der Waals surface area contributed by atoms with Gasteiger partial charge in [0.15, 0.2) is 11.2 Å². The zero-order valence-corrected chi connectivity index (χ0v) is 7.50. The molecule has 1 heterocycles. The van der Waals surface area contributed by atoms with Crippen molar-refractivity contribution in [3.8, 4) is 0 Å². The summed E-state index contributed by atoms with van der Waals surface area (Å²) in [5.41, 5.74) is 0. The first-order valence-electron chi connectivity index (χ1n) is 3.66. The fourth-order valence-electron chi connectivity index (χ4n) is 1.10. The molecule has 0 saturated carbocycles. The fraction of sp³-hybridized carbons (Fsp3) is 1.00. The smallest absolute Gasteiger partial charge is 0.196 e. The van der Waals surface area contributed by atoms with Crippen molar-refractivity contribution < 1.29 is 30.3 Å². The lowest BCUT2D eigenvalue weighted by molar-refractivity contribution is -0.298. The summed E-state index contributed by atoms with van der Waals surface area (Å²) in [5, 5.41) is 45.5. The van der Waals surface area contributed by atoms with E-state index in [9.17, 15) is 15.3 Å². The van der Waals surface area contributed by atoms with Crippen LogP contribution in [0.4, 0.5) is 0 Å². The van der Waals surface area contributed by atoms with E-state index in [0.717, 1.165) is 0 Å². The van der Waals surface area contributed by atoms with Gasteiger partial charge in [0.05, 0.1) is 6.61 Å². The van der Waals surface area contributed by atoms with E-state index in [4.69, 9.17) is 10.2 Å². The van der Waals surface area contributed by atoms with Crippen LogP contribution >= 0.6 is 12.6 Å². The number of rotatable bonds is 1. The summed E-state index contributed by atoms with van der Waals surface area (Å²) in [6, 6.07) is 0. The summed E-state index contributed by atoms with van der Waals surface area (Å²) in [6.45, 7) is -0.570. The van der Waals surface area contributed by atoms with Crippen molar-refractivity contribution in [2.24, 2.45) is 0 Å². The van der Waals surface area contributed by atoms with Crippen molar-refractivity contribution in [3.05, 3.63) is 0 Å². The Balaban J connectivity index is 2.79. The first-order valence-corrected chi connectivity index (χ1v) is 4.11. The molecule has 0 aromatic heterocycles. The molecule has 1 fully saturated rings. The molecule has 0 aromatic carbocycles. The SMILES string of the molecule is OCC1OC(O)C(O)(S)C(O)C1O. The van der Waals surface area contributed by atoms with Crippen LogP contribution < -0.4 is 0 Å². The van der Waals surface area contributed by atoms with Gasteiger partial charge < -0.3 is 30.3 Å². The van der Waals surface area contributed by atoms with Crippen molar-refractivity contribution in [2.75, 3.05) is 6.61 Å². The lowest BCUT2D eigenvalue weighted by atomic mass is 9.99. The molecule has 0 aliphatic carbocycles. The fourth-order valence-corrected chi connectivity index (χ4v) is 1.31. The second-order valence-corrected chi connectivity index (χ2v) is 3.64. The van der Waals surface area contributed by atoms with Crippen molar-refractivity contribution in [1.82, 2.24) is 0 Å². The van der Waals surface area contributed by atoms with E-state index in [1.54, 1.807) is 0 Å². The predicted octanol–water partition coefficient (Wildman–Crippen LogP) is -2.96. The molecule has 0 amide bonds. The number of hydrogen-bond donors (Lipinski definition) is 6. The minimum Gasteiger partial charge on any atom is -0.394 e. The van der Waals surface area contributed by atoms with Gasteiger partial charge in [0.2, 0.25) is 0 Å². The molecule has 13 heavy (non-hydrogen) atoms. The van der Waals surface area contributed by atoms with Crippen LogP contribution in [0, 0.1) is 0 Å². The molecule has 5 N–H and O–H groups in total. The number of aliphatic hydroxyl groups excluding tert-OH is 4. The van der Waals surface area contributed by atoms with Crippen LogP contribution in [0.3, 0.4) is 0 Å². The van der Waals surface area contributed by atoms with Gasteiger partial charge in [-0.25, -0.2) is 0 Å². The second-order valence-electron chi connectivity index (χ2n) is 2.93. The summed E-state index contributed by atoms with van der Waals surface area (Å²) >= 11 is 3.54. The molecule has 1 rings (SSSR count). The Kier molecular flexibility index (Phi) is 3.18. The first-order chi connectivity index (χ1) is 5.91. The summed E-state index contributed by atoms with van der Waals surface area (Å²) in [7, 11) is 0. The molecule has 6 nitrogen and oxygen atoms in total. The molecule has 1 aliphatic rings. The van der Waals surface area contributed by atoms with E-state index < -0.39 is 36.1 Å². The van der Waals surface area contributed by atoms with E-state index in [2.05, 4.69) is 17.4 Å². The van der Waals surface area contributed by atoms with Crippen LogP contribution in [0.1, 0.15) is 0 Å². The predicted molar refractivity (Wildman–Crippen MR) is 43.9 cm³/mol. The van der Waals surface area contributed by atoms with Crippen LogP contribution in [0.2, 0.25) is 0 Å². The highest BCUT2D eigenvalue weighted by Crippen LogP contribution is 2.31. The Morgan fingerprint density at radius 3 is 2.31 bits per heavy atom. The minimum atomic E-state index is -2.23. The van der Waals surface area contributed by atoms with E-state index in [0.29, 0.717) is 0 Å². The summed E-state index contributed by atoms with van der Waals surface area (Å²) in [6.07, 6.45) is -6.06. The van der Waals surface area contributed by atoms with E-state index in [1.165, 1.54) is 0 Å². The van der Waals surface area contributed by atoms with Gasteiger partial charge in [0.1, 0.15) is 18.3 Å². The van der Waals surface area contributed by atoms with Gasteiger partial charge in [-0.1, -0.05) is 0 Å². The lowest BCUT2D eigenvalue weighted by Crippen LogP contribution is -2.63. The normalized spacial score (nSPS) is 52.2. The highest BCUT2D eigenvalue weighted by atomic mass is 32.1. The van der Waals surface area contributed by atoms with Crippen molar-refractivity contribution >= 4 is 12.6 Å². The van der Waals surface area contributed by atoms with Gasteiger partial charge in [0.25, 0.3) is 0 Å². The Morgan fingerprint density at radius 2 is 1.85 bits per heavy atom. The minimum absolute atomic E-state index is 0.570. The van der Waals surface area contributed by atoms with Gasteiger partial charge >= 0.3 is 0 Å². The highest BCUT2D eigenvalue weighted by molar-refractivity contribution is 7.81. The van der Waals surface area contributed by atoms with Gasteiger partial charge in [-0.05, 0) is 0 Å². The molecule has 7 heteroatoms. The molecule has 5 unspecified atom stereocenters. The summed E-state index contributed by atoms with van der Waals surface area (Å²) in [5.74, 6) is 0. The Hall–Kier alpha value is 0.110. The molecule has 0 spiro atoms. The zero-order valence-electron chi connectivity index (χ0n) is 6.61. The summed E-state index contributed by atoms with van der Waals surface area (Å²) in [4.78, 5) is -2.23. The second kappa shape index (κ2) is 3.70. The Labute approximate surface area is 79.8 Å². The van der Waals surface area contributed by atoms with Crippen molar-refractivity contribution in [3.63, 3.8) is 0 Å². The average Bonchev–Trinajstić information content (AvgIpc) is 2.09. The lowest BCUT2D eigenvalue weighted by Gasteiger charge is -2.43. The third-order valence-electron chi connectivity index (χ3n) is 1.99. The van der Waals surface area contributed by atoms with E-state index in [-0.39, 0.29) is 0 Å². The third kappa shape index (κ3) is 1.82. The maximum Gasteiger partial charge on any atom is 0.196 e. The molecular weight excluding hydrogens is 200 g/mol. The zero-order chi connectivity index (χ0) is 10.2. The molecule has 1 saturated heterocycles. The molecule has 1 aliphatic heterocycles. The average molecular weight is 212 g/mol. The largest absolute Gasteiger partial charge is 0.394 e. The highest BCUT2D eigenvalue weighted by Gasteiger charge is 2.52. The third-order valence-corrected chi connectivity index (χ3v) is 2.47. The molecule has 0 radical (unpaired) electrons. The Bertz CT molecular complexity index is 186. The van der Waals surface area contributed by atoms with Gasteiger partial charge in [-0.3, -0.25) is 0 Å². The number of ether oxygens (including phenoxy) is 1. The van der Waals surface area contributed by atoms with Crippen LogP contribution in [0.15, 0.2) is 0 Å². The molecule has 0 bridgehead atoms. The van der Waals surface area contributed by atoms with Crippen molar-refractivity contribution in [2.45, 2.75) is 29.5 Å². The maximum atomic E-state index is 9.29. The number of aliphatic hydroxyl groups is 5. The van der Waals surface area contributed by atoms with Gasteiger partial charge in [0, 0.05) is 0 Å². The molecular formula is C6H12O6S. The van der Waals surface area contributed by atoms with Crippen molar-refractivity contribution in [1.29, 1.82) is 0 Å². The molecule has 78 valence electrons. The summed E-state index contributed by atoms with van der Waals surface area (Å²) < 4.78 is 4.60. The van der Waals surface area contributed by atoms with Crippen LogP contribution in [0.25, 0.3) is 0 Å². The van der Waals surface area contributed by atoms with E-state index >= 15 is 0 Å². The quantitative estimate of drug-likeness (QED) is 0.205. The Morgan fingerprint density at radius 1 is 1.31 bits per heavy atom. The van der Waals surface area contributed by atoms with Gasteiger partial charge in [-0.15, -0.1) is 12.6 Å². The van der Waals surface area contributed by atoms with Crippen LogP contribution in [-0.4, -0.2) is 61.7 Å². The maximum absolute atomic E-state index is 9.29. The van der Waals surface area contributed by atoms with E-state index in [1.807, 2.05) is 0 Å².